The minimum Gasteiger partial charge on any atom is -0.479 e. The molecule has 0 aliphatic carbocycles. The van der Waals surface area contributed by atoms with Crippen molar-refractivity contribution in [1.29, 1.82) is 0 Å². The van der Waals surface area contributed by atoms with Crippen molar-refractivity contribution in [2.75, 3.05) is 36.3 Å². The lowest BCUT2D eigenvalue weighted by Crippen LogP contribution is -2.21. The number of carbonyl (C=O) groups excluding carboxylic acids is 1. The molecule has 0 fully saturated rings. The summed E-state index contributed by atoms with van der Waals surface area (Å²) >= 11 is 0. The van der Waals surface area contributed by atoms with E-state index in [4.69, 9.17) is 10.5 Å². The Morgan fingerprint density at radius 1 is 1.10 bits per heavy atom. The number of hydrogen-bond acceptors (Lipinski definition) is 9. The number of halogens is 1. The number of ether oxygens (including phenoxy) is 1. The van der Waals surface area contributed by atoms with Gasteiger partial charge in [-0.2, -0.15) is 0 Å². The van der Waals surface area contributed by atoms with Crippen LogP contribution in [0.15, 0.2) is 71.8 Å². The Bertz CT molecular complexity index is 1730. The van der Waals surface area contributed by atoms with Gasteiger partial charge in [0.2, 0.25) is 0 Å². The summed E-state index contributed by atoms with van der Waals surface area (Å²) in [7, 11) is -1.75. The van der Waals surface area contributed by atoms with Crippen molar-refractivity contribution in [3.63, 3.8) is 0 Å². The maximum absolute atomic E-state index is 15.1. The zero-order valence-corrected chi connectivity index (χ0v) is 23.7. The highest BCUT2D eigenvalue weighted by Gasteiger charge is 2.22. The Hall–Kier alpha value is -4.75. The summed E-state index contributed by atoms with van der Waals surface area (Å²) in [6, 6.07) is 14.5. The lowest BCUT2D eigenvalue weighted by molar-refractivity contribution is -0.138. The summed E-state index contributed by atoms with van der Waals surface area (Å²) in [4.78, 5) is 28.4. The molecule has 0 saturated carbocycles. The van der Waals surface area contributed by atoms with Crippen LogP contribution in [0.5, 0.6) is 0 Å². The number of pyridine rings is 1. The van der Waals surface area contributed by atoms with Crippen LogP contribution in [0.2, 0.25) is 0 Å². The van der Waals surface area contributed by atoms with Gasteiger partial charge in [-0.25, -0.2) is 27.4 Å². The number of aromatic nitrogens is 1. The molecule has 1 heterocycles. The van der Waals surface area contributed by atoms with E-state index >= 15 is 4.39 Å². The van der Waals surface area contributed by atoms with Gasteiger partial charge in [0.05, 0.1) is 22.6 Å². The molecule has 1 aromatic heterocycles. The van der Waals surface area contributed by atoms with Crippen molar-refractivity contribution in [3.8, 4) is 0 Å². The molecule has 1 unspecified atom stereocenters. The number of amides is 1. The van der Waals surface area contributed by atoms with Gasteiger partial charge in [0.15, 0.2) is 21.7 Å². The minimum absolute atomic E-state index is 0.00386. The molecule has 0 aliphatic heterocycles. The molecule has 0 bridgehead atoms. The van der Waals surface area contributed by atoms with Crippen molar-refractivity contribution in [2.45, 2.75) is 23.9 Å². The molecule has 0 spiro atoms. The van der Waals surface area contributed by atoms with Crippen LogP contribution in [0.1, 0.15) is 22.7 Å². The summed E-state index contributed by atoms with van der Waals surface area (Å²) in [6.07, 6.45) is 2.22. The fourth-order valence-electron chi connectivity index (χ4n) is 4.45. The van der Waals surface area contributed by atoms with Crippen LogP contribution in [0, 0.1) is 5.82 Å². The van der Waals surface area contributed by atoms with E-state index in [0.717, 1.165) is 11.8 Å². The zero-order chi connectivity index (χ0) is 30.4. The first-order valence-corrected chi connectivity index (χ1v) is 14.7. The largest absolute Gasteiger partial charge is 0.479 e. The number of benzene rings is 3. The number of hydrogen-bond donors (Lipinski definition) is 5. The molecular weight excluding hydrogens is 565 g/mol. The number of nitrogens with one attached hydrogen (secondary N) is 3. The Morgan fingerprint density at radius 2 is 1.83 bits per heavy atom. The first-order chi connectivity index (χ1) is 20.0. The molecule has 3 aromatic carbocycles. The van der Waals surface area contributed by atoms with Gasteiger partial charge in [0, 0.05) is 31.1 Å². The summed E-state index contributed by atoms with van der Waals surface area (Å²) in [6.45, 7) is 0.332. The first-order valence-electron chi connectivity index (χ1n) is 12.8. The third kappa shape index (κ3) is 7.11. The fraction of sp³-hybridized carbons (Fsp3) is 0.207. The quantitative estimate of drug-likeness (QED) is 0.170. The highest BCUT2D eigenvalue weighted by atomic mass is 32.2. The molecule has 4 aromatic rings. The van der Waals surface area contributed by atoms with Crippen molar-refractivity contribution >= 4 is 49.9 Å². The van der Waals surface area contributed by atoms with Gasteiger partial charge in [-0.1, -0.05) is 30.3 Å². The van der Waals surface area contributed by atoms with Crippen molar-refractivity contribution in [2.24, 2.45) is 0 Å². The predicted molar refractivity (Wildman–Crippen MR) is 158 cm³/mol. The van der Waals surface area contributed by atoms with Crippen molar-refractivity contribution < 1.29 is 32.2 Å². The van der Waals surface area contributed by atoms with E-state index in [1.807, 2.05) is 0 Å². The van der Waals surface area contributed by atoms with E-state index in [1.165, 1.54) is 24.4 Å². The monoisotopic (exact) mass is 595 g/mol. The lowest BCUT2D eigenvalue weighted by Gasteiger charge is -2.18. The summed E-state index contributed by atoms with van der Waals surface area (Å²) in [5.41, 5.74) is 7.86. The third-order valence-corrected chi connectivity index (χ3v) is 7.65. The average Bonchev–Trinajstić information content (AvgIpc) is 2.93. The predicted octanol–water partition coefficient (Wildman–Crippen LogP) is 4.11. The number of anilines is 3. The molecule has 1 amide bonds. The molecule has 4 rings (SSSR count). The minimum atomic E-state index is -3.43. The Labute approximate surface area is 241 Å². The maximum Gasteiger partial charge on any atom is 0.411 e. The molecule has 6 N–H and O–H groups in total. The van der Waals surface area contributed by atoms with Crippen LogP contribution in [0.3, 0.4) is 0 Å². The van der Waals surface area contributed by atoms with Gasteiger partial charge in [-0.3, -0.25) is 5.32 Å². The summed E-state index contributed by atoms with van der Waals surface area (Å²) in [5.74, 6) is -1.89. The summed E-state index contributed by atoms with van der Waals surface area (Å²) < 4.78 is 44.4. The average molecular weight is 596 g/mol. The van der Waals surface area contributed by atoms with Crippen LogP contribution in [0.4, 0.5) is 26.4 Å². The van der Waals surface area contributed by atoms with Crippen LogP contribution in [-0.4, -0.2) is 50.5 Å². The second kappa shape index (κ2) is 12.8. The van der Waals surface area contributed by atoms with E-state index in [1.54, 1.807) is 49.5 Å². The molecule has 11 nitrogen and oxygen atoms in total. The number of nitrogens with zero attached hydrogens (tertiary/aromatic N) is 1. The second-order valence-corrected chi connectivity index (χ2v) is 11.5. The van der Waals surface area contributed by atoms with E-state index in [2.05, 4.69) is 20.9 Å². The standard InChI is InChI=1S/C29H30FN5O6S/c1-32-16-20-15-21(8-10-23(20)42(2,39)40)34-29(38)41-14-12-17-3-5-19(6-4-17)26(28(36)37)35-22-9-7-18-11-13-33-27(31)24(18)25(22)30/h3-11,13,15,26,32,35H,12,14,16H2,1-2H3,(H2,31,33)(H,34,38)(H,36,37). The van der Waals surface area contributed by atoms with E-state index in [-0.39, 0.29) is 28.4 Å². The molecule has 0 aliphatic rings. The highest BCUT2D eigenvalue weighted by molar-refractivity contribution is 7.90. The zero-order valence-electron chi connectivity index (χ0n) is 22.8. The molecular formula is C29H30FN5O6S. The lowest BCUT2D eigenvalue weighted by atomic mass is 10.0. The van der Waals surface area contributed by atoms with Crippen LogP contribution < -0.4 is 21.7 Å². The number of aliphatic carboxylic acids is 1. The number of carboxylic acid groups (broad SMARTS) is 1. The second-order valence-electron chi connectivity index (χ2n) is 9.51. The highest BCUT2D eigenvalue weighted by Crippen LogP contribution is 2.30. The van der Waals surface area contributed by atoms with Gasteiger partial charge < -0.3 is 26.2 Å². The van der Waals surface area contributed by atoms with Gasteiger partial charge in [0.25, 0.3) is 0 Å². The SMILES string of the molecule is CNCc1cc(NC(=O)OCCc2ccc(C(Nc3ccc4ccnc(N)c4c3F)C(=O)O)cc2)ccc1S(C)(=O)=O. The Kier molecular flexibility index (Phi) is 9.23. The Morgan fingerprint density at radius 3 is 2.50 bits per heavy atom. The van der Waals surface area contributed by atoms with Gasteiger partial charge in [-0.15, -0.1) is 0 Å². The number of fused-ring (bicyclic) bond motifs is 1. The number of carbonyl (C=O) groups is 2. The fourth-order valence-corrected chi connectivity index (χ4v) is 5.37. The Balaban J connectivity index is 1.37. The first kappa shape index (κ1) is 30.2. The number of rotatable bonds is 11. The molecule has 0 radical (unpaired) electrons. The van der Waals surface area contributed by atoms with Crippen LogP contribution >= 0.6 is 0 Å². The van der Waals surface area contributed by atoms with Crippen molar-refractivity contribution in [3.05, 3.63) is 89.4 Å². The van der Waals surface area contributed by atoms with E-state index < -0.39 is 33.8 Å². The normalized spacial score (nSPS) is 12.1. The third-order valence-electron chi connectivity index (χ3n) is 6.46. The van der Waals surface area contributed by atoms with Gasteiger partial charge in [0.1, 0.15) is 5.82 Å². The molecule has 220 valence electrons. The van der Waals surface area contributed by atoms with Gasteiger partial charge >= 0.3 is 12.1 Å². The van der Waals surface area contributed by atoms with Gasteiger partial charge in [-0.05, 0) is 59.5 Å². The van der Waals surface area contributed by atoms with Crippen LogP contribution in [-0.2, 0) is 32.3 Å². The molecule has 0 saturated heterocycles. The summed E-state index contributed by atoms with van der Waals surface area (Å²) in [5, 5.41) is 18.7. The van der Waals surface area contributed by atoms with E-state index in [9.17, 15) is 23.1 Å². The smallest absolute Gasteiger partial charge is 0.411 e. The molecule has 13 heteroatoms. The maximum atomic E-state index is 15.1. The number of sulfone groups is 1. The number of nitrogens with two attached hydrogens (primary N) is 1. The van der Waals surface area contributed by atoms with E-state index in [0.29, 0.717) is 35.2 Å². The molecule has 42 heavy (non-hydrogen) atoms. The molecule has 1 atom stereocenters. The number of nitrogen functional groups attached to an aromatic ring is 1. The van der Waals surface area contributed by atoms with Crippen LogP contribution in [0.25, 0.3) is 10.8 Å². The topological polar surface area (TPSA) is 173 Å². The van der Waals surface area contributed by atoms with Crippen molar-refractivity contribution in [1.82, 2.24) is 10.3 Å². The number of carboxylic acids is 1.